The Morgan fingerprint density at radius 3 is 0.750 bits per heavy atom. The minimum absolute atomic E-state index is 0. The number of halogens is 5. The van der Waals surface area contributed by atoms with Crippen LogP contribution >= 0.6 is 0 Å². The first-order valence-electron chi connectivity index (χ1n) is 0.698. The molecule has 0 spiro atoms. The van der Waals surface area contributed by atoms with E-state index in [4.69, 9.17) is 17.5 Å². The molecule has 0 heterocycles. The zero-order chi connectivity index (χ0) is 4.50. The molecule has 0 aliphatic rings. The first kappa shape index (κ1) is 63.3. The average molecular weight is 358 g/mol. The van der Waals surface area contributed by atoms with Gasteiger partial charge in [-0.05, 0) is 0 Å². The van der Waals surface area contributed by atoms with Crippen molar-refractivity contribution in [1.82, 2.24) is 0 Å². The summed E-state index contributed by atoms with van der Waals surface area (Å²) in [5.41, 5.74) is 0. The van der Waals surface area contributed by atoms with Gasteiger partial charge in [0.1, 0.15) is 0 Å². The SMILES string of the molecule is O=S(=O)(O)O.[Al+3].[Cl-].[Cl-].[Cl-].[Cl-].[Cl-].[Fe+2]. The Kier molecular flexibility index (Phi) is 154. The fourth-order valence-corrected chi connectivity index (χ4v) is 0. The second-order valence-corrected chi connectivity index (χ2v) is 1.34. The normalized spacial score (nSPS) is 4.83. The van der Waals surface area contributed by atoms with Crippen molar-refractivity contribution in [2.75, 3.05) is 0 Å². The summed E-state index contributed by atoms with van der Waals surface area (Å²) >= 11 is 0. The van der Waals surface area contributed by atoms with Crippen LogP contribution in [0.1, 0.15) is 0 Å². The number of hydrogen-bond donors (Lipinski definition) is 2. The van der Waals surface area contributed by atoms with Gasteiger partial charge >= 0.3 is 44.8 Å². The third-order valence-corrected chi connectivity index (χ3v) is 0. The van der Waals surface area contributed by atoms with Crippen LogP contribution < -0.4 is 62.0 Å². The van der Waals surface area contributed by atoms with Crippen molar-refractivity contribution in [3.05, 3.63) is 0 Å². The molecule has 0 atom stereocenters. The predicted molar refractivity (Wildman–Crippen MR) is 19.9 cm³/mol. The van der Waals surface area contributed by atoms with Crippen LogP contribution in [0.3, 0.4) is 0 Å². The molecule has 0 aromatic heterocycles. The van der Waals surface area contributed by atoms with Gasteiger partial charge in [0.25, 0.3) is 0 Å². The molecule has 12 heavy (non-hydrogen) atoms. The third-order valence-electron chi connectivity index (χ3n) is 0. The molecule has 0 saturated heterocycles. The molecule has 0 aromatic rings. The van der Waals surface area contributed by atoms with E-state index in [0.717, 1.165) is 0 Å². The Balaban J connectivity index is -0.00000000381. The Morgan fingerprint density at radius 1 is 0.750 bits per heavy atom. The minimum Gasteiger partial charge on any atom is -1.00 e. The fourth-order valence-electron chi connectivity index (χ4n) is 0. The van der Waals surface area contributed by atoms with Crippen molar-refractivity contribution < 1.29 is 96.6 Å². The molecular formula is H2AlCl5FeO4S. The van der Waals surface area contributed by atoms with E-state index in [0.29, 0.717) is 0 Å². The molecule has 0 amide bonds. The van der Waals surface area contributed by atoms with Crippen LogP contribution in [0.2, 0.25) is 0 Å². The quantitative estimate of drug-likeness (QED) is 0.333. The summed E-state index contributed by atoms with van der Waals surface area (Å²) in [6, 6.07) is 0. The smallest absolute Gasteiger partial charge is 1.00 e. The molecule has 4 nitrogen and oxygen atoms in total. The maximum absolute atomic E-state index is 8.74. The number of hydrogen-bond acceptors (Lipinski definition) is 2. The zero-order valence-corrected chi connectivity index (χ0v) is 11.8. The Labute approximate surface area is 123 Å². The molecule has 0 unspecified atom stereocenters. The van der Waals surface area contributed by atoms with Crippen LogP contribution in [-0.2, 0) is 27.5 Å². The molecule has 0 aliphatic carbocycles. The molecular weight excluding hydrogens is 356 g/mol. The summed E-state index contributed by atoms with van der Waals surface area (Å²) in [4.78, 5) is 0. The van der Waals surface area contributed by atoms with Crippen LogP contribution in [-0.4, -0.2) is 34.9 Å². The van der Waals surface area contributed by atoms with Gasteiger partial charge < -0.3 is 62.0 Å². The van der Waals surface area contributed by atoms with Crippen molar-refractivity contribution in [2.24, 2.45) is 0 Å². The third kappa shape index (κ3) is 284. The molecule has 2 N–H and O–H groups in total. The van der Waals surface area contributed by atoms with Gasteiger partial charge in [0.2, 0.25) is 0 Å². The molecule has 0 radical (unpaired) electrons. The molecule has 0 saturated carbocycles. The summed E-state index contributed by atoms with van der Waals surface area (Å²) in [5, 5.41) is 0. The van der Waals surface area contributed by atoms with E-state index in [1.807, 2.05) is 0 Å². The maximum atomic E-state index is 8.74. The summed E-state index contributed by atoms with van der Waals surface area (Å²) in [5.74, 6) is 0. The van der Waals surface area contributed by atoms with Gasteiger partial charge in [-0.15, -0.1) is 0 Å². The second kappa shape index (κ2) is 29.2. The Hall–Kier alpha value is 2.37. The van der Waals surface area contributed by atoms with E-state index >= 15 is 0 Å². The largest absolute Gasteiger partial charge is 3.00 e. The Bertz CT molecular complexity index is 107. The van der Waals surface area contributed by atoms with Crippen LogP contribution in [0.4, 0.5) is 0 Å². The summed E-state index contributed by atoms with van der Waals surface area (Å²) in [6.45, 7) is 0. The van der Waals surface area contributed by atoms with E-state index in [1.165, 1.54) is 0 Å². The topological polar surface area (TPSA) is 74.6 Å². The van der Waals surface area contributed by atoms with E-state index in [-0.39, 0.29) is 96.5 Å². The standard InChI is InChI=1S/Al.5ClH.Fe.H2O4S/c;;;;;;;1-5(2,3)4/h;5*1H;;(H2,1,2,3,4)/q+3;;;;;;+2;/p-5. The van der Waals surface area contributed by atoms with Crippen LogP contribution in [0.5, 0.6) is 0 Å². The van der Waals surface area contributed by atoms with E-state index < -0.39 is 10.4 Å². The van der Waals surface area contributed by atoms with Crippen molar-refractivity contribution in [3.8, 4) is 0 Å². The van der Waals surface area contributed by atoms with Crippen molar-refractivity contribution in [3.63, 3.8) is 0 Å². The molecule has 0 aliphatic heterocycles. The maximum Gasteiger partial charge on any atom is 3.00 e. The van der Waals surface area contributed by atoms with Crippen LogP contribution in [0, 0.1) is 0 Å². The van der Waals surface area contributed by atoms with Gasteiger partial charge in [0.15, 0.2) is 0 Å². The van der Waals surface area contributed by atoms with Gasteiger partial charge in [-0.1, -0.05) is 0 Å². The summed E-state index contributed by atoms with van der Waals surface area (Å²) in [7, 11) is -4.67. The van der Waals surface area contributed by atoms with Crippen molar-refractivity contribution in [2.45, 2.75) is 0 Å². The van der Waals surface area contributed by atoms with E-state index in [2.05, 4.69) is 0 Å². The van der Waals surface area contributed by atoms with Gasteiger partial charge in [-0.3, -0.25) is 9.11 Å². The molecule has 0 aromatic carbocycles. The summed E-state index contributed by atoms with van der Waals surface area (Å²) < 4.78 is 31.6. The number of rotatable bonds is 0. The molecule has 12 heteroatoms. The molecule has 78 valence electrons. The predicted octanol–water partition coefficient (Wildman–Crippen LogP) is -16.0. The second-order valence-electron chi connectivity index (χ2n) is 0.448. The van der Waals surface area contributed by atoms with E-state index in [9.17, 15) is 0 Å². The van der Waals surface area contributed by atoms with Gasteiger partial charge in [0.05, 0.1) is 0 Å². The zero-order valence-electron chi connectivity index (χ0n) is 4.94. The van der Waals surface area contributed by atoms with Gasteiger partial charge in [0, 0.05) is 0 Å². The van der Waals surface area contributed by atoms with Crippen molar-refractivity contribution >= 4 is 27.8 Å². The monoisotopic (exact) mass is 356 g/mol. The van der Waals surface area contributed by atoms with Gasteiger partial charge in [-0.25, -0.2) is 0 Å². The average Bonchev–Trinajstić information content (AvgIpc) is 0.722. The molecule has 0 bridgehead atoms. The Morgan fingerprint density at radius 2 is 0.750 bits per heavy atom. The first-order valence-corrected chi connectivity index (χ1v) is 2.10. The van der Waals surface area contributed by atoms with E-state index in [1.54, 1.807) is 0 Å². The fraction of sp³-hybridized carbons (Fsp3) is 0. The minimum atomic E-state index is -4.67. The van der Waals surface area contributed by atoms with Gasteiger partial charge in [-0.2, -0.15) is 8.42 Å². The van der Waals surface area contributed by atoms with Crippen LogP contribution in [0.25, 0.3) is 0 Å². The molecule has 0 fully saturated rings. The first-order chi connectivity index (χ1) is 2.00. The van der Waals surface area contributed by atoms with Crippen molar-refractivity contribution in [1.29, 1.82) is 0 Å². The van der Waals surface area contributed by atoms with Crippen LogP contribution in [0.15, 0.2) is 0 Å². The summed E-state index contributed by atoms with van der Waals surface area (Å²) in [6.07, 6.45) is 0. The molecule has 0 rings (SSSR count).